The molecule has 0 spiro atoms. The summed E-state index contributed by atoms with van der Waals surface area (Å²) in [6, 6.07) is 16.0. The van der Waals surface area contributed by atoms with Crippen molar-refractivity contribution in [1.82, 2.24) is 9.88 Å². The Morgan fingerprint density at radius 1 is 1.03 bits per heavy atom. The van der Waals surface area contributed by atoms with Crippen molar-refractivity contribution in [2.24, 2.45) is 5.92 Å². The van der Waals surface area contributed by atoms with Crippen molar-refractivity contribution in [3.05, 3.63) is 86.2 Å². The number of ether oxygens (including phenoxy) is 2. The summed E-state index contributed by atoms with van der Waals surface area (Å²) in [7, 11) is 3.13. The van der Waals surface area contributed by atoms with Gasteiger partial charge in [0.15, 0.2) is 0 Å². The number of fused-ring (bicyclic) bond motifs is 4. The lowest BCUT2D eigenvalue weighted by molar-refractivity contribution is 0.0936. The van der Waals surface area contributed by atoms with Gasteiger partial charge in [0.05, 0.1) is 30.7 Å². The van der Waals surface area contributed by atoms with Gasteiger partial charge in [0, 0.05) is 61.0 Å². The zero-order valence-electron chi connectivity index (χ0n) is 21.9. The summed E-state index contributed by atoms with van der Waals surface area (Å²) >= 11 is 3.46. The fraction of sp³-hybridized carbons (Fsp3) is 0.345. The van der Waals surface area contributed by atoms with Crippen LogP contribution in [0.15, 0.2) is 63.9 Å². The van der Waals surface area contributed by atoms with E-state index < -0.39 is 0 Å². The molecule has 2 aromatic carbocycles. The third-order valence-corrected chi connectivity index (χ3v) is 8.03. The first-order valence-corrected chi connectivity index (χ1v) is 13.7. The number of nitrogens with one attached hydrogen (secondary N) is 2. The number of benzene rings is 2. The first-order chi connectivity index (χ1) is 18.9. The summed E-state index contributed by atoms with van der Waals surface area (Å²) in [5, 5.41) is 5.88. The summed E-state index contributed by atoms with van der Waals surface area (Å²) in [5.74, 6) is 0.477. The Bertz CT molecular complexity index is 1460. The standard InChI is InChI=1S/C29H31BrN4O5/c1-38-11-10-31-28(36)19-6-9-26(24(13-19)32-29(37)22-14-21(39-2)7-8-23(22)30)33-15-18-12-20(17-33)25-4-3-5-27(35)34(25)16-18/h3-9,13-14,18,20H,10-12,15-17H2,1-2H3,(H,31,36)(H,32,37). The van der Waals surface area contributed by atoms with Crippen LogP contribution in [0.2, 0.25) is 0 Å². The molecule has 1 saturated heterocycles. The van der Waals surface area contributed by atoms with Gasteiger partial charge in [0.1, 0.15) is 5.75 Å². The lowest BCUT2D eigenvalue weighted by atomic mass is 9.83. The number of halogens is 1. The van der Waals surface area contributed by atoms with E-state index in [4.69, 9.17) is 9.47 Å². The molecule has 2 aliphatic rings. The van der Waals surface area contributed by atoms with E-state index >= 15 is 0 Å². The van der Waals surface area contributed by atoms with Crippen LogP contribution in [0.1, 0.15) is 38.7 Å². The number of rotatable bonds is 8. The minimum atomic E-state index is -0.326. The number of pyridine rings is 1. The smallest absolute Gasteiger partial charge is 0.257 e. The van der Waals surface area contributed by atoms with E-state index in [-0.39, 0.29) is 23.3 Å². The second-order valence-corrected chi connectivity index (χ2v) is 10.7. The number of piperidine rings is 1. The molecule has 2 bridgehead atoms. The average Bonchev–Trinajstić information content (AvgIpc) is 2.94. The number of nitrogens with zero attached hydrogens (tertiary/aromatic N) is 2. The number of carbonyl (C=O) groups is 2. The second-order valence-electron chi connectivity index (χ2n) is 9.88. The van der Waals surface area contributed by atoms with Gasteiger partial charge < -0.3 is 29.6 Å². The minimum Gasteiger partial charge on any atom is -0.497 e. The van der Waals surface area contributed by atoms with Crippen LogP contribution in [0.3, 0.4) is 0 Å². The Balaban J connectivity index is 1.48. The predicted molar refractivity (Wildman–Crippen MR) is 153 cm³/mol. The summed E-state index contributed by atoms with van der Waals surface area (Å²) in [4.78, 5) is 41.0. The van der Waals surface area contributed by atoms with Crippen molar-refractivity contribution in [1.29, 1.82) is 0 Å². The maximum absolute atomic E-state index is 13.5. The highest BCUT2D eigenvalue weighted by molar-refractivity contribution is 9.10. The monoisotopic (exact) mass is 594 g/mol. The fourth-order valence-corrected chi connectivity index (χ4v) is 5.94. The molecule has 5 rings (SSSR count). The molecule has 2 amide bonds. The van der Waals surface area contributed by atoms with Gasteiger partial charge in [-0.3, -0.25) is 14.4 Å². The van der Waals surface area contributed by atoms with Crippen LogP contribution < -0.4 is 25.8 Å². The van der Waals surface area contributed by atoms with Crippen molar-refractivity contribution in [2.45, 2.75) is 18.9 Å². The number of carbonyl (C=O) groups excluding carboxylic acids is 2. The molecule has 2 aliphatic heterocycles. The number of amides is 2. The Kier molecular flexibility index (Phi) is 8.04. The molecule has 9 nitrogen and oxygen atoms in total. The van der Waals surface area contributed by atoms with Crippen molar-refractivity contribution in [2.75, 3.05) is 50.7 Å². The molecule has 2 atom stereocenters. The second kappa shape index (κ2) is 11.6. The van der Waals surface area contributed by atoms with Gasteiger partial charge in [-0.25, -0.2) is 0 Å². The summed E-state index contributed by atoms with van der Waals surface area (Å²) in [6.07, 6.45) is 1.01. The van der Waals surface area contributed by atoms with E-state index in [1.165, 1.54) is 0 Å². The molecule has 0 aliphatic carbocycles. The number of methoxy groups -OCH3 is 2. The maximum atomic E-state index is 13.5. The highest BCUT2D eigenvalue weighted by atomic mass is 79.9. The lowest BCUT2D eigenvalue weighted by Crippen LogP contribution is -2.47. The molecular formula is C29H31BrN4O5. The normalized spacial score (nSPS) is 17.8. The molecule has 10 heteroatoms. The van der Waals surface area contributed by atoms with Crippen LogP contribution in [-0.4, -0.2) is 56.8 Å². The Hall–Kier alpha value is -3.63. The van der Waals surface area contributed by atoms with Crippen molar-refractivity contribution < 1.29 is 19.1 Å². The van der Waals surface area contributed by atoms with E-state index in [0.717, 1.165) is 24.3 Å². The first-order valence-electron chi connectivity index (χ1n) is 12.9. The van der Waals surface area contributed by atoms with Gasteiger partial charge in [-0.15, -0.1) is 0 Å². The summed E-state index contributed by atoms with van der Waals surface area (Å²) < 4.78 is 12.9. The molecule has 2 N–H and O–H groups in total. The van der Waals surface area contributed by atoms with Crippen molar-refractivity contribution in [3.8, 4) is 5.75 Å². The first kappa shape index (κ1) is 27.0. The highest BCUT2D eigenvalue weighted by Crippen LogP contribution is 2.39. The summed E-state index contributed by atoms with van der Waals surface area (Å²) in [6.45, 7) is 2.89. The quantitative estimate of drug-likeness (QED) is 0.384. The molecule has 0 radical (unpaired) electrons. The zero-order valence-corrected chi connectivity index (χ0v) is 23.5. The van der Waals surface area contributed by atoms with Gasteiger partial charge in [0.2, 0.25) is 0 Å². The SMILES string of the molecule is COCCNC(=O)c1ccc(N2CC3CC(C2)c2cccc(=O)n2C3)c(NC(=O)c2cc(OC)ccc2Br)c1. The van der Waals surface area contributed by atoms with Gasteiger partial charge >= 0.3 is 0 Å². The van der Waals surface area contributed by atoms with E-state index in [1.54, 1.807) is 50.6 Å². The van der Waals surface area contributed by atoms with Crippen LogP contribution in [0, 0.1) is 5.92 Å². The molecular weight excluding hydrogens is 564 g/mol. The fourth-order valence-electron chi connectivity index (χ4n) is 5.51. The van der Waals surface area contributed by atoms with Gasteiger partial charge in [-0.05, 0) is 70.7 Å². The molecule has 0 saturated carbocycles. The topological polar surface area (TPSA) is 102 Å². The van der Waals surface area contributed by atoms with E-state index in [0.29, 0.717) is 59.2 Å². The molecule has 2 unspecified atom stereocenters. The zero-order chi connectivity index (χ0) is 27.5. The van der Waals surface area contributed by atoms with Crippen LogP contribution in [0.5, 0.6) is 5.75 Å². The van der Waals surface area contributed by atoms with Gasteiger partial charge in [-0.1, -0.05) is 6.07 Å². The van der Waals surface area contributed by atoms with Crippen LogP contribution in [-0.2, 0) is 11.3 Å². The van der Waals surface area contributed by atoms with E-state index in [2.05, 4.69) is 31.5 Å². The molecule has 1 fully saturated rings. The van der Waals surface area contributed by atoms with Crippen LogP contribution in [0.25, 0.3) is 0 Å². The van der Waals surface area contributed by atoms with Gasteiger partial charge in [0.25, 0.3) is 17.4 Å². The molecule has 3 aromatic rings. The average molecular weight is 595 g/mol. The number of aromatic nitrogens is 1. The number of hydrogen-bond donors (Lipinski definition) is 2. The van der Waals surface area contributed by atoms with Crippen LogP contribution >= 0.6 is 15.9 Å². The summed E-state index contributed by atoms with van der Waals surface area (Å²) in [5.41, 5.74) is 3.31. The molecule has 204 valence electrons. The van der Waals surface area contributed by atoms with Gasteiger partial charge in [-0.2, -0.15) is 0 Å². The Labute approximate surface area is 235 Å². The Morgan fingerprint density at radius 3 is 2.67 bits per heavy atom. The third-order valence-electron chi connectivity index (χ3n) is 7.34. The van der Waals surface area contributed by atoms with Crippen molar-refractivity contribution in [3.63, 3.8) is 0 Å². The molecule has 1 aromatic heterocycles. The number of hydrogen-bond acceptors (Lipinski definition) is 6. The van der Waals surface area contributed by atoms with Crippen molar-refractivity contribution >= 4 is 39.1 Å². The minimum absolute atomic E-state index is 0.0382. The maximum Gasteiger partial charge on any atom is 0.257 e. The Morgan fingerprint density at radius 2 is 1.87 bits per heavy atom. The molecule has 3 heterocycles. The largest absolute Gasteiger partial charge is 0.497 e. The molecule has 39 heavy (non-hydrogen) atoms. The third kappa shape index (κ3) is 5.72. The lowest BCUT2D eigenvalue weighted by Gasteiger charge is -2.44. The predicted octanol–water partition coefficient (Wildman–Crippen LogP) is 3.87. The number of anilines is 2. The van der Waals surface area contributed by atoms with E-state index in [9.17, 15) is 14.4 Å². The van der Waals surface area contributed by atoms with E-state index in [1.807, 2.05) is 22.8 Å². The van der Waals surface area contributed by atoms with Crippen LogP contribution in [0.4, 0.5) is 11.4 Å². The highest BCUT2D eigenvalue weighted by Gasteiger charge is 2.35.